The number of thiazole rings is 1. The van der Waals surface area contributed by atoms with Crippen molar-refractivity contribution in [3.05, 3.63) is 23.2 Å². The Balaban J connectivity index is 2.63. The van der Waals surface area contributed by atoms with Crippen LogP contribution >= 0.6 is 11.3 Å². The van der Waals surface area contributed by atoms with Gasteiger partial charge in [0.05, 0.1) is 10.2 Å². The van der Waals surface area contributed by atoms with Crippen LogP contribution in [0.5, 0.6) is 5.75 Å². The number of hydrogen-bond acceptors (Lipinski definition) is 4. The molecular formula is C10H11NO2S. The molecule has 2 rings (SSSR count). The second-order valence-corrected chi connectivity index (χ2v) is 4.76. The van der Waals surface area contributed by atoms with Crippen LogP contribution in [0.25, 0.3) is 10.2 Å². The quantitative estimate of drug-likeness (QED) is 0.757. The molecule has 0 amide bonds. The maximum Gasteiger partial charge on any atom is 0.125 e. The lowest BCUT2D eigenvalue weighted by Crippen LogP contribution is -2.14. The summed E-state index contributed by atoms with van der Waals surface area (Å²) in [7, 11) is 0. The minimum atomic E-state index is -0.917. The summed E-state index contributed by atoms with van der Waals surface area (Å²) in [5.41, 5.74) is -0.107. The van der Waals surface area contributed by atoms with E-state index in [4.69, 9.17) is 0 Å². The normalized spacial score (nSPS) is 12.2. The Labute approximate surface area is 85.7 Å². The molecular weight excluding hydrogens is 198 g/mol. The van der Waals surface area contributed by atoms with Crippen LogP contribution in [0.15, 0.2) is 18.2 Å². The lowest BCUT2D eigenvalue weighted by molar-refractivity contribution is 0.0785. The molecule has 0 spiro atoms. The molecule has 74 valence electrons. The van der Waals surface area contributed by atoms with Crippen molar-refractivity contribution in [3.8, 4) is 5.75 Å². The standard InChI is InChI=1S/C10H11NO2S/c1-10(2,13)9-11-7-4-3-6(12)5-8(7)14-9/h3-5,12-13H,1-2H3. The predicted molar refractivity (Wildman–Crippen MR) is 56.5 cm³/mol. The maximum absolute atomic E-state index is 9.74. The highest BCUT2D eigenvalue weighted by Gasteiger charge is 2.20. The molecule has 0 saturated heterocycles. The minimum absolute atomic E-state index is 0.225. The van der Waals surface area contributed by atoms with E-state index in [2.05, 4.69) is 4.98 Å². The molecule has 1 aromatic carbocycles. The number of aliphatic hydroxyl groups is 1. The Hall–Kier alpha value is -1.13. The van der Waals surface area contributed by atoms with Crippen molar-refractivity contribution in [1.29, 1.82) is 0 Å². The van der Waals surface area contributed by atoms with Crippen LogP contribution in [0.4, 0.5) is 0 Å². The van der Waals surface area contributed by atoms with E-state index in [0.717, 1.165) is 10.2 Å². The van der Waals surface area contributed by atoms with Crippen molar-refractivity contribution in [3.63, 3.8) is 0 Å². The molecule has 3 nitrogen and oxygen atoms in total. The summed E-state index contributed by atoms with van der Waals surface area (Å²) in [6, 6.07) is 4.99. The maximum atomic E-state index is 9.74. The van der Waals surface area contributed by atoms with Crippen molar-refractivity contribution in [2.24, 2.45) is 0 Å². The summed E-state index contributed by atoms with van der Waals surface area (Å²) in [4.78, 5) is 4.28. The van der Waals surface area contributed by atoms with Crippen LogP contribution in [-0.4, -0.2) is 15.2 Å². The third-order valence-electron chi connectivity index (χ3n) is 1.90. The highest BCUT2D eigenvalue weighted by Crippen LogP contribution is 2.31. The van der Waals surface area contributed by atoms with E-state index in [1.807, 2.05) is 0 Å². The second-order valence-electron chi connectivity index (χ2n) is 3.73. The van der Waals surface area contributed by atoms with Gasteiger partial charge in [0.15, 0.2) is 0 Å². The van der Waals surface area contributed by atoms with Crippen LogP contribution in [0.2, 0.25) is 0 Å². The van der Waals surface area contributed by atoms with Gasteiger partial charge in [-0.05, 0) is 32.0 Å². The Morgan fingerprint density at radius 1 is 1.36 bits per heavy atom. The van der Waals surface area contributed by atoms with Gasteiger partial charge in [0.1, 0.15) is 16.4 Å². The number of benzene rings is 1. The van der Waals surface area contributed by atoms with Gasteiger partial charge in [-0.2, -0.15) is 0 Å². The molecule has 0 unspecified atom stereocenters. The van der Waals surface area contributed by atoms with Crippen LogP contribution in [-0.2, 0) is 5.60 Å². The van der Waals surface area contributed by atoms with Gasteiger partial charge in [0.2, 0.25) is 0 Å². The SMILES string of the molecule is CC(C)(O)c1nc2ccc(O)cc2s1. The molecule has 0 aliphatic carbocycles. The van der Waals surface area contributed by atoms with Gasteiger partial charge in [0.25, 0.3) is 0 Å². The van der Waals surface area contributed by atoms with Crippen molar-refractivity contribution in [2.75, 3.05) is 0 Å². The number of aromatic hydroxyl groups is 1. The molecule has 14 heavy (non-hydrogen) atoms. The first-order valence-corrected chi connectivity index (χ1v) is 5.11. The number of phenolic OH excluding ortho intramolecular Hbond substituents is 1. The molecule has 2 N–H and O–H groups in total. The average Bonchev–Trinajstić information content (AvgIpc) is 2.45. The number of nitrogens with zero attached hydrogens (tertiary/aromatic N) is 1. The van der Waals surface area contributed by atoms with Gasteiger partial charge in [-0.1, -0.05) is 0 Å². The Bertz CT molecular complexity index is 470. The summed E-state index contributed by atoms with van der Waals surface area (Å²) in [6.45, 7) is 3.40. The first-order valence-electron chi connectivity index (χ1n) is 4.29. The lowest BCUT2D eigenvalue weighted by atomic mass is 10.1. The van der Waals surface area contributed by atoms with Crippen LogP contribution in [0, 0.1) is 0 Å². The van der Waals surface area contributed by atoms with Crippen molar-refractivity contribution >= 4 is 21.6 Å². The summed E-state index contributed by atoms with van der Waals surface area (Å²) in [5, 5.41) is 19.7. The van der Waals surface area contributed by atoms with Crippen LogP contribution in [0.3, 0.4) is 0 Å². The Morgan fingerprint density at radius 3 is 2.71 bits per heavy atom. The van der Waals surface area contributed by atoms with Crippen LogP contribution < -0.4 is 0 Å². The monoisotopic (exact) mass is 209 g/mol. The largest absolute Gasteiger partial charge is 0.508 e. The molecule has 4 heteroatoms. The molecule has 0 bridgehead atoms. The van der Waals surface area contributed by atoms with E-state index in [0.29, 0.717) is 5.01 Å². The van der Waals surface area contributed by atoms with E-state index < -0.39 is 5.60 Å². The zero-order valence-electron chi connectivity index (χ0n) is 7.98. The summed E-state index contributed by atoms with van der Waals surface area (Å²) >= 11 is 1.40. The molecule has 1 aromatic heterocycles. The summed E-state index contributed by atoms with van der Waals surface area (Å²) in [5.74, 6) is 0.225. The third kappa shape index (κ3) is 1.58. The van der Waals surface area contributed by atoms with Crippen molar-refractivity contribution in [2.45, 2.75) is 19.4 Å². The van der Waals surface area contributed by atoms with E-state index >= 15 is 0 Å². The van der Waals surface area contributed by atoms with E-state index in [9.17, 15) is 10.2 Å². The fourth-order valence-corrected chi connectivity index (χ4v) is 2.17. The fraction of sp³-hybridized carbons (Fsp3) is 0.300. The summed E-state index contributed by atoms with van der Waals surface area (Å²) in [6.07, 6.45) is 0. The lowest BCUT2D eigenvalue weighted by Gasteiger charge is -2.11. The number of rotatable bonds is 1. The molecule has 2 aromatic rings. The third-order valence-corrected chi connectivity index (χ3v) is 3.23. The highest BCUT2D eigenvalue weighted by molar-refractivity contribution is 7.18. The van der Waals surface area contributed by atoms with Crippen LogP contribution in [0.1, 0.15) is 18.9 Å². The number of phenols is 1. The van der Waals surface area contributed by atoms with E-state index in [-0.39, 0.29) is 5.75 Å². The number of aromatic nitrogens is 1. The van der Waals surface area contributed by atoms with Gasteiger partial charge in [0, 0.05) is 0 Å². The van der Waals surface area contributed by atoms with Gasteiger partial charge >= 0.3 is 0 Å². The molecule has 0 saturated carbocycles. The van der Waals surface area contributed by atoms with E-state index in [1.165, 1.54) is 11.3 Å². The Kier molecular flexibility index (Phi) is 1.97. The molecule has 1 heterocycles. The highest BCUT2D eigenvalue weighted by atomic mass is 32.1. The molecule has 0 fully saturated rings. The number of hydrogen-bond donors (Lipinski definition) is 2. The first kappa shape index (κ1) is 9.43. The number of fused-ring (bicyclic) bond motifs is 1. The molecule has 0 radical (unpaired) electrons. The molecule has 0 aliphatic rings. The second kappa shape index (κ2) is 2.93. The molecule has 0 atom stereocenters. The van der Waals surface area contributed by atoms with Gasteiger partial charge in [-0.25, -0.2) is 4.98 Å². The summed E-state index contributed by atoms with van der Waals surface area (Å²) < 4.78 is 0.891. The van der Waals surface area contributed by atoms with Gasteiger partial charge in [-0.3, -0.25) is 0 Å². The Morgan fingerprint density at radius 2 is 2.07 bits per heavy atom. The smallest absolute Gasteiger partial charge is 0.125 e. The topological polar surface area (TPSA) is 53.4 Å². The van der Waals surface area contributed by atoms with Gasteiger partial charge in [-0.15, -0.1) is 11.3 Å². The zero-order chi connectivity index (χ0) is 10.3. The van der Waals surface area contributed by atoms with Crippen molar-refractivity contribution < 1.29 is 10.2 Å². The van der Waals surface area contributed by atoms with Gasteiger partial charge < -0.3 is 10.2 Å². The van der Waals surface area contributed by atoms with Crippen molar-refractivity contribution in [1.82, 2.24) is 4.98 Å². The average molecular weight is 209 g/mol. The fourth-order valence-electron chi connectivity index (χ4n) is 1.17. The first-order chi connectivity index (χ1) is 6.47. The minimum Gasteiger partial charge on any atom is -0.508 e. The zero-order valence-corrected chi connectivity index (χ0v) is 8.80. The van der Waals surface area contributed by atoms with E-state index in [1.54, 1.807) is 32.0 Å². The predicted octanol–water partition coefficient (Wildman–Crippen LogP) is 2.23. The molecule has 0 aliphatic heterocycles.